The minimum absolute atomic E-state index is 0.489. The minimum Gasteiger partial charge on any atom is -0.202 e. The van der Waals surface area contributed by atoms with Crippen LogP contribution in [-0.2, 0) is 10.2 Å². The third-order valence-corrected chi connectivity index (χ3v) is 4.35. The molecule has 0 aliphatic carbocycles. The van der Waals surface area contributed by atoms with Crippen molar-refractivity contribution in [2.45, 2.75) is 39.0 Å². The van der Waals surface area contributed by atoms with E-state index >= 15 is 0 Å². The van der Waals surface area contributed by atoms with Gasteiger partial charge in [0.05, 0.1) is 0 Å². The number of hydrogen-bond acceptors (Lipinski definition) is 2. The Hall–Kier alpha value is -0.390. The van der Waals surface area contributed by atoms with E-state index in [1.807, 2.05) is 19.1 Å². The summed E-state index contributed by atoms with van der Waals surface area (Å²) < 4.78 is 28.0. The number of hydrogen-bond donors (Lipinski definition) is 1. The van der Waals surface area contributed by atoms with Gasteiger partial charge in [-0.3, -0.25) is 0 Å². The second-order valence-electron chi connectivity index (χ2n) is 4.07. The smallest absolute Gasteiger partial charge is 0.202 e. The van der Waals surface area contributed by atoms with Gasteiger partial charge >= 0.3 is 0 Å². The molecule has 5 heteroatoms. The van der Waals surface area contributed by atoms with Gasteiger partial charge in [0.25, 0.3) is 10.2 Å². The van der Waals surface area contributed by atoms with E-state index in [4.69, 9.17) is 0 Å². The van der Waals surface area contributed by atoms with Crippen LogP contribution in [0.25, 0.3) is 0 Å². The zero-order chi connectivity index (χ0) is 11.9. The van der Waals surface area contributed by atoms with Gasteiger partial charge in [0.2, 0.25) is 0 Å². The Morgan fingerprint density at radius 3 is 2.38 bits per heavy atom. The largest absolute Gasteiger partial charge is 0.279 e. The van der Waals surface area contributed by atoms with Gasteiger partial charge in [-0.05, 0) is 26.2 Å². The average Bonchev–Trinajstić information content (AvgIpc) is 2.53. The van der Waals surface area contributed by atoms with E-state index in [2.05, 4.69) is 4.72 Å². The Morgan fingerprint density at radius 2 is 1.81 bits per heavy atom. The van der Waals surface area contributed by atoms with Gasteiger partial charge in [0.15, 0.2) is 0 Å². The summed E-state index contributed by atoms with van der Waals surface area (Å²) in [5.74, 6) is 0. The maximum absolute atomic E-state index is 11.9. The first-order valence-corrected chi connectivity index (χ1v) is 7.47. The summed E-state index contributed by atoms with van der Waals surface area (Å²) in [4.78, 5) is 0. The lowest BCUT2D eigenvalue weighted by Crippen LogP contribution is -2.41. The molecule has 1 fully saturated rings. The van der Waals surface area contributed by atoms with Crippen molar-refractivity contribution in [2.24, 2.45) is 0 Å². The molecule has 1 heterocycles. The van der Waals surface area contributed by atoms with Crippen LogP contribution in [0, 0.1) is 0 Å². The maximum Gasteiger partial charge on any atom is 0.279 e. The second-order valence-corrected chi connectivity index (χ2v) is 5.83. The quantitative estimate of drug-likeness (QED) is 0.592. The zero-order valence-electron chi connectivity index (χ0n) is 9.98. The van der Waals surface area contributed by atoms with Crippen LogP contribution in [0.3, 0.4) is 0 Å². The zero-order valence-corrected chi connectivity index (χ0v) is 10.8. The van der Waals surface area contributed by atoms with Crippen LogP contribution in [0.1, 0.15) is 39.0 Å². The highest BCUT2D eigenvalue weighted by atomic mass is 32.2. The molecule has 1 aliphatic heterocycles. The van der Waals surface area contributed by atoms with Gasteiger partial charge in [-0.1, -0.05) is 25.0 Å². The summed E-state index contributed by atoms with van der Waals surface area (Å²) in [5, 5.41) is 0. The van der Waals surface area contributed by atoms with Crippen LogP contribution in [0.4, 0.5) is 0 Å². The Bertz CT molecular complexity index is 304. The van der Waals surface area contributed by atoms with Crippen molar-refractivity contribution in [3.8, 4) is 0 Å². The number of nitrogens with one attached hydrogen (secondary N) is 1. The summed E-state index contributed by atoms with van der Waals surface area (Å²) in [5.41, 5.74) is 0. The Labute approximate surface area is 98.9 Å². The lowest BCUT2D eigenvalue weighted by molar-refractivity contribution is 0.415. The number of rotatable bonds is 5. The van der Waals surface area contributed by atoms with Crippen molar-refractivity contribution in [3.05, 3.63) is 12.2 Å². The van der Waals surface area contributed by atoms with E-state index in [1.54, 1.807) is 4.31 Å². The third kappa shape index (κ3) is 4.63. The summed E-state index contributed by atoms with van der Waals surface area (Å²) in [6.07, 6.45) is 8.90. The highest BCUT2D eigenvalue weighted by molar-refractivity contribution is 7.87. The molecule has 0 spiro atoms. The number of nitrogens with zero attached hydrogens (tertiary/aromatic N) is 1. The van der Waals surface area contributed by atoms with Crippen molar-refractivity contribution in [2.75, 3.05) is 19.6 Å². The first-order chi connectivity index (χ1) is 7.67. The van der Waals surface area contributed by atoms with Gasteiger partial charge < -0.3 is 0 Å². The molecule has 1 saturated heterocycles. The predicted octanol–water partition coefficient (Wildman–Crippen LogP) is 1.66. The fourth-order valence-corrected chi connectivity index (χ4v) is 3.11. The van der Waals surface area contributed by atoms with Crippen LogP contribution in [-0.4, -0.2) is 32.4 Å². The first-order valence-electron chi connectivity index (χ1n) is 6.02. The molecule has 0 aromatic heterocycles. The van der Waals surface area contributed by atoms with E-state index in [-0.39, 0.29) is 0 Å². The van der Waals surface area contributed by atoms with Gasteiger partial charge in [0, 0.05) is 19.6 Å². The normalized spacial score (nSPS) is 20.1. The van der Waals surface area contributed by atoms with E-state index in [9.17, 15) is 8.42 Å². The van der Waals surface area contributed by atoms with Crippen molar-refractivity contribution < 1.29 is 8.42 Å². The minimum atomic E-state index is -3.24. The summed E-state index contributed by atoms with van der Waals surface area (Å²) in [7, 11) is -3.24. The van der Waals surface area contributed by atoms with Gasteiger partial charge in [-0.25, -0.2) is 4.72 Å². The predicted molar refractivity (Wildman–Crippen MR) is 66.4 cm³/mol. The van der Waals surface area contributed by atoms with Crippen molar-refractivity contribution in [1.82, 2.24) is 9.03 Å². The Morgan fingerprint density at radius 1 is 1.19 bits per heavy atom. The molecule has 0 bridgehead atoms. The Balaban J connectivity index is 2.41. The average molecular weight is 246 g/mol. The monoisotopic (exact) mass is 246 g/mol. The molecular formula is C11H22N2O2S. The molecule has 1 rings (SSSR count). The van der Waals surface area contributed by atoms with Gasteiger partial charge in [-0.15, -0.1) is 0 Å². The van der Waals surface area contributed by atoms with Crippen LogP contribution in [0.2, 0.25) is 0 Å². The Kier molecular flexibility index (Phi) is 6.01. The highest BCUT2D eigenvalue weighted by Crippen LogP contribution is 2.12. The maximum atomic E-state index is 11.9. The molecule has 0 aromatic carbocycles. The van der Waals surface area contributed by atoms with E-state index in [1.165, 1.54) is 0 Å². The summed E-state index contributed by atoms with van der Waals surface area (Å²) >= 11 is 0. The molecule has 4 nitrogen and oxygen atoms in total. The second kappa shape index (κ2) is 7.04. The molecule has 0 saturated carbocycles. The van der Waals surface area contributed by atoms with Gasteiger partial charge in [0.1, 0.15) is 0 Å². The summed E-state index contributed by atoms with van der Waals surface area (Å²) in [6.45, 7) is 3.75. The molecular weight excluding hydrogens is 224 g/mol. The molecule has 0 aromatic rings. The molecule has 94 valence electrons. The standard InChI is InChI=1S/C11H22N2O2S/c1-2-3-6-9-12-16(14,15)13-10-7-4-5-8-11-13/h2-3,12H,4-11H2,1H3/b3-2+. The van der Waals surface area contributed by atoms with Gasteiger partial charge in [-0.2, -0.15) is 12.7 Å². The number of allylic oxidation sites excluding steroid dienone is 1. The molecule has 0 unspecified atom stereocenters. The van der Waals surface area contributed by atoms with Crippen LogP contribution >= 0.6 is 0 Å². The lowest BCUT2D eigenvalue weighted by Gasteiger charge is -2.19. The van der Waals surface area contributed by atoms with Crippen molar-refractivity contribution in [1.29, 1.82) is 0 Å². The highest BCUT2D eigenvalue weighted by Gasteiger charge is 2.21. The lowest BCUT2D eigenvalue weighted by atomic mass is 10.2. The van der Waals surface area contributed by atoms with Crippen LogP contribution < -0.4 is 4.72 Å². The van der Waals surface area contributed by atoms with E-state index < -0.39 is 10.2 Å². The van der Waals surface area contributed by atoms with Crippen LogP contribution in [0.5, 0.6) is 0 Å². The third-order valence-electron chi connectivity index (χ3n) is 2.74. The van der Waals surface area contributed by atoms with Crippen molar-refractivity contribution >= 4 is 10.2 Å². The molecule has 1 N–H and O–H groups in total. The molecule has 0 atom stereocenters. The molecule has 0 radical (unpaired) electrons. The summed E-state index contributed by atoms with van der Waals surface area (Å²) in [6, 6.07) is 0. The fraction of sp³-hybridized carbons (Fsp3) is 0.818. The molecule has 16 heavy (non-hydrogen) atoms. The molecule has 1 aliphatic rings. The van der Waals surface area contributed by atoms with Crippen LogP contribution in [0.15, 0.2) is 12.2 Å². The van der Waals surface area contributed by atoms with E-state index in [0.717, 1.165) is 32.1 Å². The molecule has 0 amide bonds. The fourth-order valence-electron chi connectivity index (χ4n) is 1.81. The van der Waals surface area contributed by atoms with E-state index in [0.29, 0.717) is 19.6 Å². The van der Waals surface area contributed by atoms with Crippen molar-refractivity contribution in [3.63, 3.8) is 0 Å². The topological polar surface area (TPSA) is 49.4 Å². The first kappa shape index (κ1) is 13.7. The SMILES string of the molecule is C/C=C/CCNS(=O)(=O)N1CCCCCC1.